The van der Waals surface area contributed by atoms with Gasteiger partial charge in [0.15, 0.2) is 5.82 Å². The van der Waals surface area contributed by atoms with Gasteiger partial charge in [-0.1, -0.05) is 0 Å². The molecule has 1 rings (SSSR count). The average Bonchev–Trinajstić information content (AvgIpc) is 2.25. The predicted molar refractivity (Wildman–Crippen MR) is 85.4 cm³/mol. The summed E-state index contributed by atoms with van der Waals surface area (Å²) in [6, 6.07) is 0.894. The Morgan fingerprint density at radius 1 is 1.17 bits per heavy atom. The first kappa shape index (κ1) is 19.7. The maximum Gasteiger partial charge on any atom is 0.420 e. The fourth-order valence-electron chi connectivity index (χ4n) is 1.80. The minimum Gasteiger partial charge on any atom is -0.443 e. The van der Waals surface area contributed by atoms with E-state index < -0.39 is 34.8 Å². The monoisotopic (exact) mass is 396 g/mol. The van der Waals surface area contributed by atoms with Crippen molar-refractivity contribution in [1.82, 2.24) is 4.98 Å². The molecule has 8 heteroatoms. The zero-order valence-corrected chi connectivity index (χ0v) is 15.5. The summed E-state index contributed by atoms with van der Waals surface area (Å²) in [6.07, 6.45) is -4.32. The molecule has 0 aliphatic heterocycles. The molecule has 1 aromatic heterocycles. The van der Waals surface area contributed by atoms with E-state index in [2.05, 4.69) is 20.9 Å². The van der Waals surface area contributed by atoms with E-state index in [9.17, 15) is 18.0 Å². The molecule has 0 bridgehead atoms. The summed E-state index contributed by atoms with van der Waals surface area (Å²) in [6.45, 7) is 9.77. The van der Waals surface area contributed by atoms with Crippen molar-refractivity contribution in [2.75, 3.05) is 4.90 Å². The smallest absolute Gasteiger partial charge is 0.420 e. The molecule has 0 N–H and O–H groups in total. The first-order valence-electron chi connectivity index (χ1n) is 6.89. The number of pyridine rings is 1. The van der Waals surface area contributed by atoms with Crippen LogP contribution in [0.5, 0.6) is 0 Å². The van der Waals surface area contributed by atoms with Crippen LogP contribution in [0.3, 0.4) is 0 Å². The second-order valence-electron chi connectivity index (χ2n) is 7.01. The van der Waals surface area contributed by atoms with Crippen molar-refractivity contribution in [3.63, 3.8) is 0 Å². The third-order valence-corrected chi connectivity index (χ3v) is 3.03. The van der Waals surface area contributed by atoms with Crippen molar-refractivity contribution < 1.29 is 22.7 Å². The summed E-state index contributed by atoms with van der Waals surface area (Å²) in [5.74, 6) is -0.484. The molecule has 0 radical (unpaired) electrons. The standard InChI is InChI=1S/C15H20BrF3N2O2/c1-13(2,3)21(12(22)23-14(4,5)6)11-10(15(17,18)19)7-9(16)8-20-11/h7-8H,1-6H3. The molecule has 0 aliphatic rings. The fraction of sp³-hybridized carbons (Fsp3) is 0.600. The highest BCUT2D eigenvalue weighted by Gasteiger charge is 2.41. The van der Waals surface area contributed by atoms with Gasteiger partial charge in [-0.05, 0) is 63.5 Å². The number of rotatable bonds is 1. The van der Waals surface area contributed by atoms with Gasteiger partial charge in [-0.25, -0.2) is 9.78 Å². The number of anilines is 1. The molecule has 23 heavy (non-hydrogen) atoms. The number of carbonyl (C=O) groups is 1. The zero-order valence-electron chi connectivity index (χ0n) is 13.9. The van der Waals surface area contributed by atoms with E-state index in [4.69, 9.17) is 4.74 Å². The largest absolute Gasteiger partial charge is 0.443 e. The molecular weight excluding hydrogens is 377 g/mol. The van der Waals surface area contributed by atoms with Crippen molar-refractivity contribution in [3.8, 4) is 0 Å². The first-order valence-corrected chi connectivity index (χ1v) is 7.68. The first-order chi connectivity index (χ1) is 10.1. The van der Waals surface area contributed by atoms with Gasteiger partial charge in [0.25, 0.3) is 0 Å². The molecule has 1 amide bonds. The van der Waals surface area contributed by atoms with Crippen molar-refractivity contribution in [1.29, 1.82) is 0 Å². The molecule has 0 unspecified atom stereocenters. The Hall–Kier alpha value is -1.31. The van der Waals surface area contributed by atoms with Crippen molar-refractivity contribution in [2.24, 2.45) is 0 Å². The molecule has 0 saturated carbocycles. The van der Waals surface area contributed by atoms with Crippen molar-refractivity contribution in [2.45, 2.75) is 58.9 Å². The Kier molecular flexibility index (Phi) is 5.40. The second kappa shape index (κ2) is 6.30. The number of carbonyl (C=O) groups excluding carboxylic acids is 1. The molecule has 1 aromatic rings. The number of alkyl halides is 3. The summed E-state index contributed by atoms with van der Waals surface area (Å²) in [5, 5.41) is 0. The van der Waals surface area contributed by atoms with Gasteiger partial charge in [0.05, 0.1) is 5.56 Å². The average molecular weight is 397 g/mol. The molecule has 130 valence electrons. The Morgan fingerprint density at radius 2 is 1.70 bits per heavy atom. The predicted octanol–water partition coefficient (Wildman–Crippen LogP) is 5.40. The fourth-order valence-corrected chi connectivity index (χ4v) is 2.14. The summed E-state index contributed by atoms with van der Waals surface area (Å²) in [4.78, 5) is 17.2. The third kappa shape index (κ3) is 5.37. The van der Waals surface area contributed by atoms with E-state index in [-0.39, 0.29) is 4.47 Å². The summed E-state index contributed by atoms with van der Waals surface area (Å²) in [5.41, 5.74) is -2.80. The van der Waals surface area contributed by atoms with Gasteiger partial charge in [0.1, 0.15) is 5.60 Å². The second-order valence-corrected chi connectivity index (χ2v) is 7.92. The highest BCUT2D eigenvalue weighted by atomic mass is 79.9. The number of halogens is 4. The molecule has 0 atom stereocenters. The van der Waals surface area contributed by atoms with E-state index in [1.165, 1.54) is 6.20 Å². The van der Waals surface area contributed by atoms with Crippen LogP contribution in [-0.2, 0) is 10.9 Å². The summed E-state index contributed by atoms with van der Waals surface area (Å²) < 4.78 is 45.4. The lowest BCUT2D eigenvalue weighted by Crippen LogP contribution is -2.49. The number of aromatic nitrogens is 1. The Bertz CT molecular complexity index is 590. The zero-order chi connectivity index (χ0) is 18.2. The Morgan fingerprint density at radius 3 is 2.09 bits per heavy atom. The molecule has 0 spiro atoms. The van der Waals surface area contributed by atoms with Gasteiger partial charge in [-0.15, -0.1) is 0 Å². The van der Waals surface area contributed by atoms with E-state index in [0.717, 1.165) is 11.0 Å². The lowest BCUT2D eigenvalue weighted by Gasteiger charge is -2.37. The van der Waals surface area contributed by atoms with Gasteiger partial charge >= 0.3 is 12.3 Å². The van der Waals surface area contributed by atoms with Gasteiger partial charge in [-0.3, -0.25) is 4.90 Å². The maximum atomic E-state index is 13.3. The van der Waals surface area contributed by atoms with Crippen LogP contribution in [0.1, 0.15) is 47.1 Å². The van der Waals surface area contributed by atoms with Crippen LogP contribution in [-0.4, -0.2) is 22.2 Å². The highest BCUT2D eigenvalue weighted by molar-refractivity contribution is 9.10. The maximum absolute atomic E-state index is 13.3. The topological polar surface area (TPSA) is 42.4 Å². The lowest BCUT2D eigenvalue weighted by molar-refractivity contribution is -0.137. The highest BCUT2D eigenvalue weighted by Crippen LogP contribution is 2.39. The molecule has 0 fully saturated rings. The number of amides is 1. The molecule has 0 aliphatic carbocycles. The number of ether oxygens (including phenoxy) is 1. The van der Waals surface area contributed by atoms with E-state index >= 15 is 0 Å². The molecule has 1 heterocycles. The quantitative estimate of drug-likeness (QED) is 0.637. The molecular formula is C15H20BrF3N2O2. The van der Waals surface area contributed by atoms with Gasteiger partial charge in [0.2, 0.25) is 0 Å². The third-order valence-electron chi connectivity index (χ3n) is 2.60. The van der Waals surface area contributed by atoms with Crippen LogP contribution in [0, 0.1) is 0 Å². The Labute approximate surface area is 142 Å². The van der Waals surface area contributed by atoms with Crippen LogP contribution in [0.25, 0.3) is 0 Å². The van der Waals surface area contributed by atoms with Crippen LogP contribution in [0.4, 0.5) is 23.8 Å². The summed E-state index contributed by atoms with van der Waals surface area (Å²) in [7, 11) is 0. The molecule has 4 nitrogen and oxygen atoms in total. The van der Waals surface area contributed by atoms with Crippen molar-refractivity contribution in [3.05, 3.63) is 22.3 Å². The van der Waals surface area contributed by atoms with Gasteiger partial charge in [0, 0.05) is 16.2 Å². The lowest BCUT2D eigenvalue weighted by atomic mass is 10.1. The Balaban J connectivity index is 3.49. The molecule has 0 aromatic carbocycles. The minimum atomic E-state index is -4.66. The minimum absolute atomic E-state index is 0.173. The van der Waals surface area contributed by atoms with Gasteiger partial charge < -0.3 is 4.74 Å². The van der Waals surface area contributed by atoms with Gasteiger partial charge in [-0.2, -0.15) is 13.2 Å². The number of hydrogen-bond donors (Lipinski definition) is 0. The normalized spacial score (nSPS) is 13.0. The van der Waals surface area contributed by atoms with E-state index in [0.29, 0.717) is 0 Å². The van der Waals surface area contributed by atoms with Crippen molar-refractivity contribution >= 4 is 27.8 Å². The SMILES string of the molecule is CC(C)(C)OC(=O)N(c1ncc(Br)cc1C(F)(F)F)C(C)(C)C. The van der Waals surface area contributed by atoms with Crippen LogP contribution >= 0.6 is 15.9 Å². The van der Waals surface area contributed by atoms with Crippen LogP contribution in [0.2, 0.25) is 0 Å². The number of hydrogen-bond acceptors (Lipinski definition) is 3. The summed E-state index contributed by atoms with van der Waals surface area (Å²) >= 11 is 2.98. The molecule has 0 saturated heterocycles. The van der Waals surface area contributed by atoms with E-state index in [1.54, 1.807) is 41.5 Å². The van der Waals surface area contributed by atoms with Crippen LogP contribution < -0.4 is 4.90 Å². The number of nitrogens with zero attached hydrogens (tertiary/aromatic N) is 2. The van der Waals surface area contributed by atoms with Crippen LogP contribution in [0.15, 0.2) is 16.7 Å². The van der Waals surface area contributed by atoms with E-state index in [1.807, 2.05) is 0 Å².